The lowest BCUT2D eigenvalue weighted by Gasteiger charge is -2.27. The van der Waals surface area contributed by atoms with Crippen molar-refractivity contribution in [2.24, 2.45) is 0 Å². The zero-order valence-corrected chi connectivity index (χ0v) is 18.0. The van der Waals surface area contributed by atoms with E-state index in [0.717, 1.165) is 16.7 Å². The van der Waals surface area contributed by atoms with Crippen LogP contribution in [0.3, 0.4) is 0 Å². The van der Waals surface area contributed by atoms with E-state index in [9.17, 15) is 4.79 Å². The number of likely N-dealkylation sites (N-methyl/N-ethyl adjacent to an activating group) is 1. The highest BCUT2D eigenvalue weighted by Crippen LogP contribution is 2.24. The second-order valence-electron chi connectivity index (χ2n) is 7.10. The van der Waals surface area contributed by atoms with Crippen LogP contribution in [-0.4, -0.2) is 23.9 Å². The summed E-state index contributed by atoms with van der Waals surface area (Å²) in [5.41, 5.74) is 3.10. The predicted octanol–water partition coefficient (Wildman–Crippen LogP) is 5.72. The molecule has 1 amide bonds. The summed E-state index contributed by atoms with van der Waals surface area (Å²) in [7, 11) is 1.92. The van der Waals surface area contributed by atoms with Crippen LogP contribution in [0, 0.1) is 0 Å². The topological polar surface area (TPSA) is 32.3 Å². The molecule has 3 aromatic carbocycles. The molecule has 0 bridgehead atoms. The summed E-state index contributed by atoms with van der Waals surface area (Å²) in [6, 6.07) is 25.0. The average Bonchev–Trinajstić information content (AvgIpc) is 2.75. The Kier molecular flexibility index (Phi) is 7.32. The molecule has 5 heteroatoms. The zero-order chi connectivity index (χ0) is 20.8. The first kappa shape index (κ1) is 21.4. The van der Waals surface area contributed by atoms with Gasteiger partial charge in [0.15, 0.2) is 0 Å². The van der Waals surface area contributed by atoms with Crippen molar-refractivity contribution in [2.45, 2.75) is 25.6 Å². The van der Waals surface area contributed by atoms with Crippen molar-refractivity contribution in [3.8, 4) is 0 Å². The number of rotatable bonds is 7. The Bertz CT molecular complexity index is 908. The minimum Gasteiger partial charge on any atom is -0.344 e. The minimum atomic E-state index is -0.320. The van der Waals surface area contributed by atoms with Crippen molar-refractivity contribution in [2.75, 3.05) is 7.05 Å². The molecule has 3 aromatic rings. The van der Waals surface area contributed by atoms with Gasteiger partial charge < -0.3 is 5.32 Å². The van der Waals surface area contributed by atoms with Gasteiger partial charge in [0.2, 0.25) is 5.91 Å². The quantitative estimate of drug-likeness (QED) is 0.523. The van der Waals surface area contributed by atoms with Crippen LogP contribution in [0.1, 0.15) is 29.7 Å². The van der Waals surface area contributed by atoms with Crippen LogP contribution in [0.2, 0.25) is 10.0 Å². The maximum absolute atomic E-state index is 13.1. The summed E-state index contributed by atoms with van der Waals surface area (Å²) < 4.78 is 0. The molecule has 3 rings (SSSR count). The number of carbonyl (C=O) groups excluding carboxylic acids is 1. The lowest BCUT2D eigenvalue weighted by atomic mass is 9.98. The molecule has 29 heavy (non-hydrogen) atoms. The highest BCUT2D eigenvalue weighted by molar-refractivity contribution is 6.42. The van der Waals surface area contributed by atoms with E-state index in [2.05, 4.69) is 5.32 Å². The summed E-state index contributed by atoms with van der Waals surface area (Å²) >= 11 is 12.1. The fourth-order valence-electron chi connectivity index (χ4n) is 3.18. The first-order valence-electron chi connectivity index (χ1n) is 9.50. The van der Waals surface area contributed by atoms with Gasteiger partial charge in [0, 0.05) is 6.54 Å². The second kappa shape index (κ2) is 9.93. The summed E-state index contributed by atoms with van der Waals surface area (Å²) in [6.07, 6.45) is 0. The molecule has 0 heterocycles. The number of nitrogens with zero attached hydrogens (tertiary/aromatic N) is 1. The van der Waals surface area contributed by atoms with E-state index in [-0.39, 0.29) is 18.0 Å². The van der Waals surface area contributed by atoms with Crippen molar-refractivity contribution < 1.29 is 4.79 Å². The number of carbonyl (C=O) groups is 1. The van der Waals surface area contributed by atoms with Crippen LogP contribution in [-0.2, 0) is 11.3 Å². The number of hydrogen-bond donors (Lipinski definition) is 1. The predicted molar refractivity (Wildman–Crippen MR) is 120 cm³/mol. The second-order valence-corrected chi connectivity index (χ2v) is 7.92. The Balaban J connectivity index is 1.73. The molecule has 0 fully saturated rings. The largest absolute Gasteiger partial charge is 0.344 e. The molecule has 150 valence electrons. The van der Waals surface area contributed by atoms with E-state index in [1.165, 1.54) is 0 Å². The third kappa shape index (κ3) is 5.60. The SMILES string of the molecule is CC(C(=O)NC(c1ccccc1)c1ccccc1)N(C)Cc1ccc(Cl)c(Cl)c1. The van der Waals surface area contributed by atoms with Crippen molar-refractivity contribution in [3.05, 3.63) is 106 Å². The maximum atomic E-state index is 13.1. The lowest BCUT2D eigenvalue weighted by molar-refractivity contribution is -0.126. The summed E-state index contributed by atoms with van der Waals surface area (Å²) in [5.74, 6) is -0.0368. The van der Waals surface area contributed by atoms with Gasteiger partial charge in [-0.1, -0.05) is 89.9 Å². The molecule has 0 aliphatic heterocycles. The van der Waals surface area contributed by atoms with Crippen LogP contribution in [0.4, 0.5) is 0 Å². The molecule has 3 nitrogen and oxygen atoms in total. The molecule has 0 aliphatic carbocycles. The summed E-state index contributed by atoms with van der Waals surface area (Å²) in [6.45, 7) is 2.49. The number of benzene rings is 3. The van der Waals surface area contributed by atoms with Crippen LogP contribution in [0.5, 0.6) is 0 Å². The first-order valence-corrected chi connectivity index (χ1v) is 10.3. The fraction of sp³-hybridized carbons (Fsp3) is 0.208. The maximum Gasteiger partial charge on any atom is 0.237 e. The highest BCUT2D eigenvalue weighted by atomic mass is 35.5. The molecule has 0 saturated carbocycles. The van der Waals surface area contributed by atoms with Crippen molar-refractivity contribution in [1.29, 1.82) is 0 Å². The van der Waals surface area contributed by atoms with E-state index >= 15 is 0 Å². The number of halogens is 2. The van der Waals surface area contributed by atoms with Gasteiger partial charge in [-0.05, 0) is 42.8 Å². The fourth-order valence-corrected chi connectivity index (χ4v) is 3.50. The Hall–Kier alpha value is -2.33. The molecule has 0 aromatic heterocycles. The Morgan fingerprint density at radius 2 is 1.45 bits per heavy atom. The van der Waals surface area contributed by atoms with Gasteiger partial charge in [-0.2, -0.15) is 0 Å². The summed E-state index contributed by atoms with van der Waals surface area (Å²) in [4.78, 5) is 15.0. The Morgan fingerprint density at radius 3 is 1.97 bits per heavy atom. The van der Waals surface area contributed by atoms with E-state index in [1.54, 1.807) is 6.07 Å². The van der Waals surface area contributed by atoms with Gasteiger partial charge in [0.1, 0.15) is 0 Å². The van der Waals surface area contributed by atoms with Crippen LogP contribution in [0.25, 0.3) is 0 Å². The Labute approximate surface area is 182 Å². The van der Waals surface area contributed by atoms with Crippen LogP contribution < -0.4 is 5.32 Å². The molecule has 1 unspecified atom stereocenters. The lowest BCUT2D eigenvalue weighted by Crippen LogP contribution is -2.44. The first-order chi connectivity index (χ1) is 14.0. The number of nitrogens with one attached hydrogen (secondary N) is 1. The third-order valence-electron chi connectivity index (χ3n) is 5.01. The van der Waals surface area contributed by atoms with Gasteiger partial charge >= 0.3 is 0 Å². The summed E-state index contributed by atoms with van der Waals surface area (Å²) in [5, 5.41) is 4.25. The van der Waals surface area contributed by atoms with Gasteiger partial charge in [0.05, 0.1) is 22.1 Å². The molecule has 1 N–H and O–H groups in total. The molecule has 1 atom stereocenters. The number of hydrogen-bond acceptors (Lipinski definition) is 2. The monoisotopic (exact) mass is 426 g/mol. The van der Waals surface area contributed by atoms with Crippen molar-refractivity contribution in [3.63, 3.8) is 0 Å². The molecule has 0 saturated heterocycles. The van der Waals surface area contributed by atoms with Crippen molar-refractivity contribution in [1.82, 2.24) is 10.2 Å². The van der Waals surface area contributed by atoms with Crippen LogP contribution in [0.15, 0.2) is 78.9 Å². The van der Waals surface area contributed by atoms with E-state index in [4.69, 9.17) is 23.2 Å². The van der Waals surface area contributed by atoms with E-state index in [0.29, 0.717) is 16.6 Å². The van der Waals surface area contributed by atoms with E-state index < -0.39 is 0 Å². The van der Waals surface area contributed by atoms with Gasteiger partial charge in [0.25, 0.3) is 0 Å². The molecular formula is C24H24Cl2N2O. The van der Waals surface area contributed by atoms with Gasteiger partial charge in [-0.15, -0.1) is 0 Å². The molecular weight excluding hydrogens is 403 g/mol. The molecule has 0 aliphatic rings. The van der Waals surface area contributed by atoms with Gasteiger partial charge in [-0.25, -0.2) is 0 Å². The standard InChI is InChI=1S/C24H24Cl2N2O/c1-17(28(2)16-18-13-14-21(25)22(26)15-18)24(29)27-23(19-9-5-3-6-10-19)20-11-7-4-8-12-20/h3-15,17,23H,16H2,1-2H3,(H,27,29). The smallest absolute Gasteiger partial charge is 0.237 e. The van der Waals surface area contributed by atoms with E-state index in [1.807, 2.05) is 91.7 Å². The highest BCUT2D eigenvalue weighted by Gasteiger charge is 2.23. The zero-order valence-electron chi connectivity index (χ0n) is 16.5. The minimum absolute atomic E-state index is 0.0368. The average molecular weight is 427 g/mol. The number of amides is 1. The molecule has 0 radical (unpaired) electrons. The van der Waals surface area contributed by atoms with Crippen LogP contribution >= 0.6 is 23.2 Å². The Morgan fingerprint density at radius 1 is 0.897 bits per heavy atom. The molecule has 0 spiro atoms. The normalized spacial score (nSPS) is 12.2. The van der Waals surface area contributed by atoms with Gasteiger partial charge in [-0.3, -0.25) is 9.69 Å². The third-order valence-corrected chi connectivity index (χ3v) is 5.75. The van der Waals surface area contributed by atoms with Crippen molar-refractivity contribution >= 4 is 29.1 Å².